The third-order valence-electron chi connectivity index (χ3n) is 3.05. The van der Waals surface area contributed by atoms with E-state index in [-0.39, 0.29) is 11.8 Å². The van der Waals surface area contributed by atoms with Crippen molar-refractivity contribution < 1.29 is 19.1 Å². The smallest absolute Gasteiger partial charge is 0.338 e. The van der Waals surface area contributed by atoms with Crippen molar-refractivity contribution in [3.8, 4) is 0 Å². The number of rotatable bonds is 7. The summed E-state index contributed by atoms with van der Waals surface area (Å²) in [5.41, 5.74) is 1.11. The largest absolute Gasteiger partial charge is 0.462 e. The Morgan fingerprint density at radius 3 is 2.27 bits per heavy atom. The van der Waals surface area contributed by atoms with E-state index in [2.05, 4.69) is 5.32 Å². The van der Waals surface area contributed by atoms with Crippen molar-refractivity contribution in [1.29, 1.82) is 0 Å². The van der Waals surface area contributed by atoms with E-state index < -0.39 is 5.97 Å². The molecule has 1 rings (SSSR count). The molecular weight excluding hydrogens is 284 g/mol. The second-order valence-electron chi connectivity index (χ2n) is 4.64. The van der Waals surface area contributed by atoms with E-state index in [0.29, 0.717) is 37.4 Å². The number of anilines is 1. The first-order chi connectivity index (χ1) is 10.5. The summed E-state index contributed by atoms with van der Waals surface area (Å²) in [6.07, 6.45) is 0.411. The SMILES string of the molecule is CCOC(=O)c1ccc(N(CCNC(=O)CC)C(C)=O)cc1. The fraction of sp³-hybridized carbons (Fsp3) is 0.438. The molecule has 0 aliphatic heterocycles. The van der Waals surface area contributed by atoms with Crippen molar-refractivity contribution in [3.63, 3.8) is 0 Å². The summed E-state index contributed by atoms with van der Waals surface area (Å²) in [4.78, 5) is 36.1. The highest BCUT2D eigenvalue weighted by atomic mass is 16.5. The topological polar surface area (TPSA) is 75.7 Å². The molecule has 0 saturated carbocycles. The van der Waals surface area contributed by atoms with Crippen LogP contribution in [-0.2, 0) is 14.3 Å². The molecule has 0 radical (unpaired) electrons. The van der Waals surface area contributed by atoms with Crippen molar-refractivity contribution in [2.75, 3.05) is 24.6 Å². The Morgan fingerprint density at radius 1 is 1.14 bits per heavy atom. The van der Waals surface area contributed by atoms with Crippen LogP contribution in [0, 0.1) is 0 Å². The third-order valence-corrected chi connectivity index (χ3v) is 3.05. The average molecular weight is 306 g/mol. The van der Waals surface area contributed by atoms with E-state index in [1.807, 2.05) is 0 Å². The van der Waals surface area contributed by atoms with Crippen molar-refractivity contribution in [2.45, 2.75) is 27.2 Å². The Kier molecular flexibility index (Phi) is 7.08. The van der Waals surface area contributed by atoms with Crippen LogP contribution in [0.15, 0.2) is 24.3 Å². The fourth-order valence-corrected chi connectivity index (χ4v) is 1.89. The first-order valence-corrected chi connectivity index (χ1v) is 7.31. The summed E-state index contributed by atoms with van der Waals surface area (Å²) in [6, 6.07) is 6.62. The van der Waals surface area contributed by atoms with Gasteiger partial charge in [-0.05, 0) is 31.2 Å². The quantitative estimate of drug-likeness (QED) is 0.779. The zero-order valence-electron chi connectivity index (χ0n) is 13.2. The van der Waals surface area contributed by atoms with Crippen molar-refractivity contribution in [3.05, 3.63) is 29.8 Å². The normalized spacial score (nSPS) is 9.95. The molecule has 1 aromatic rings. The number of benzene rings is 1. The monoisotopic (exact) mass is 306 g/mol. The van der Waals surface area contributed by atoms with Gasteiger partial charge in [0.2, 0.25) is 11.8 Å². The number of nitrogens with zero attached hydrogens (tertiary/aromatic N) is 1. The van der Waals surface area contributed by atoms with Gasteiger partial charge in [-0.2, -0.15) is 0 Å². The number of carbonyl (C=O) groups excluding carboxylic acids is 3. The highest BCUT2D eigenvalue weighted by molar-refractivity contribution is 5.93. The van der Waals surface area contributed by atoms with Crippen molar-refractivity contribution in [1.82, 2.24) is 5.32 Å². The summed E-state index contributed by atoms with van der Waals surface area (Å²) in [6.45, 7) is 6.05. The second kappa shape index (κ2) is 8.81. The van der Waals surface area contributed by atoms with Crippen LogP contribution in [0.3, 0.4) is 0 Å². The molecule has 1 aromatic carbocycles. The van der Waals surface area contributed by atoms with Gasteiger partial charge in [-0.3, -0.25) is 9.59 Å². The van der Waals surface area contributed by atoms with Crippen LogP contribution in [0.2, 0.25) is 0 Å². The molecule has 0 aromatic heterocycles. The summed E-state index contributed by atoms with van der Waals surface area (Å²) in [5, 5.41) is 2.73. The zero-order chi connectivity index (χ0) is 16.5. The van der Waals surface area contributed by atoms with Crippen LogP contribution in [0.1, 0.15) is 37.6 Å². The minimum Gasteiger partial charge on any atom is -0.462 e. The summed E-state index contributed by atoms with van der Waals surface area (Å²) >= 11 is 0. The van der Waals surface area contributed by atoms with E-state index in [4.69, 9.17) is 4.74 Å². The van der Waals surface area contributed by atoms with E-state index in [1.165, 1.54) is 6.92 Å². The molecule has 6 heteroatoms. The summed E-state index contributed by atoms with van der Waals surface area (Å²) in [7, 11) is 0. The Bertz CT molecular complexity index is 525. The van der Waals surface area contributed by atoms with E-state index in [1.54, 1.807) is 43.0 Å². The fourth-order valence-electron chi connectivity index (χ4n) is 1.89. The van der Waals surface area contributed by atoms with Crippen LogP contribution < -0.4 is 10.2 Å². The number of carbonyl (C=O) groups is 3. The van der Waals surface area contributed by atoms with Crippen LogP contribution in [0.4, 0.5) is 5.69 Å². The Morgan fingerprint density at radius 2 is 1.77 bits per heavy atom. The lowest BCUT2D eigenvalue weighted by molar-refractivity contribution is -0.121. The summed E-state index contributed by atoms with van der Waals surface area (Å²) in [5.74, 6) is -0.575. The molecule has 0 atom stereocenters. The molecule has 2 amide bonds. The summed E-state index contributed by atoms with van der Waals surface area (Å²) < 4.78 is 4.91. The lowest BCUT2D eigenvalue weighted by atomic mass is 10.2. The number of hydrogen-bond donors (Lipinski definition) is 1. The Labute approximate surface area is 130 Å². The van der Waals surface area contributed by atoms with Crippen molar-refractivity contribution >= 4 is 23.5 Å². The minimum atomic E-state index is -0.390. The molecule has 0 saturated heterocycles. The van der Waals surface area contributed by atoms with Gasteiger partial charge in [-0.15, -0.1) is 0 Å². The zero-order valence-corrected chi connectivity index (χ0v) is 13.2. The van der Waals surface area contributed by atoms with Gasteiger partial charge < -0.3 is 15.0 Å². The number of nitrogens with one attached hydrogen (secondary N) is 1. The molecule has 0 fully saturated rings. The van der Waals surface area contributed by atoms with Crippen LogP contribution >= 0.6 is 0 Å². The van der Waals surface area contributed by atoms with E-state index in [0.717, 1.165) is 0 Å². The lowest BCUT2D eigenvalue weighted by Gasteiger charge is -2.21. The second-order valence-corrected chi connectivity index (χ2v) is 4.64. The number of hydrogen-bond acceptors (Lipinski definition) is 4. The Hall–Kier alpha value is -2.37. The van der Waals surface area contributed by atoms with Gasteiger partial charge >= 0.3 is 5.97 Å². The predicted molar refractivity (Wildman–Crippen MR) is 83.7 cm³/mol. The lowest BCUT2D eigenvalue weighted by Crippen LogP contribution is -2.37. The van der Waals surface area contributed by atoms with Crippen LogP contribution in [0.5, 0.6) is 0 Å². The van der Waals surface area contributed by atoms with Gasteiger partial charge in [0.05, 0.1) is 12.2 Å². The maximum atomic E-state index is 11.7. The van der Waals surface area contributed by atoms with Gasteiger partial charge in [0.1, 0.15) is 0 Å². The van der Waals surface area contributed by atoms with E-state index in [9.17, 15) is 14.4 Å². The molecule has 1 N–H and O–H groups in total. The first kappa shape index (κ1) is 17.7. The Balaban J connectivity index is 2.73. The van der Waals surface area contributed by atoms with Gasteiger partial charge in [-0.1, -0.05) is 6.92 Å². The number of amides is 2. The number of ether oxygens (including phenoxy) is 1. The van der Waals surface area contributed by atoms with E-state index >= 15 is 0 Å². The molecule has 22 heavy (non-hydrogen) atoms. The van der Waals surface area contributed by atoms with Gasteiger partial charge in [0.15, 0.2) is 0 Å². The molecule has 0 heterocycles. The average Bonchev–Trinajstić information content (AvgIpc) is 2.51. The van der Waals surface area contributed by atoms with Crippen molar-refractivity contribution in [2.24, 2.45) is 0 Å². The predicted octanol–water partition coefficient (Wildman–Crippen LogP) is 1.74. The highest BCUT2D eigenvalue weighted by Crippen LogP contribution is 2.16. The number of esters is 1. The highest BCUT2D eigenvalue weighted by Gasteiger charge is 2.13. The van der Waals surface area contributed by atoms with Gasteiger partial charge in [0, 0.05) is 32.1 Å². The first-order valence-electron chi connectivity index (χ1n) is 7.31. The standard InChI is InChI=1S/C16H22N2O4/c1-4-15(20)17-10-11-18(12(3)19)14-8-6-13(7-9-14)16(21)22-5-2/h6-9H,4-5,10-11H2,1-3H3,(H,17,20). The molecule has 120 valence electrons. The molecule has 0 bridgehead atoms. The molecule has 0 aliphatic carbocycles. The molecular formula is C16H22N2O4. The maximum absolute atomic E-state index is 11.7. The molecule has 6 nitrogen and oxygen atoms in total. The minimum absolute atomic E-state index is 0.0545. The third kappa shape index (κ3) is 5.20. The molecule has 0 unspecified atom stereocenters. The molecule has 0 aliphatic rings. The van der Waals surface area contributed by atoms with Crippen LogP contribution in [0.25, 0.3) is 0 Å². The van der Waals surface area contributed by atoms with Crippen LogP contribution in [-0.4, -0.2) is 37.5 Å². The van der Waals surface area contributed by atoms with Gasteiger partial charge in [0.25, 0.3) is 0 Å². The van der Waals surface area contributed by atoms with Gasteiger partial charge in [-0.25, -0.2) is 4.79 Å². The molecule has 0 spiro atoms. The maximum Gasteiger partial charge on any atom is 0.338 e.